The zero-order valence-corrected chi connectivity index (χ0v) is 18.8. The summed E-state index contributed by atoms with van der Waals surface area (Å²) in [6.07, 6.45) is 0.0266. The van der Waals surface area contributed by atoms with Crippen molar-refractivity contribution >= 4 is 28.6 Å². The molecule has 0 N–H and O–H groups in total. The number of methoxy groups -OCH3 is 1. The van der Waals surface area contributed by atoms with Gasteiger partial charge in [0.25, 0.3) is 5.69 Å². The van der Waals surface area contributed by atoms with E-state index in [-0.39, 0.29) is 17.6 Å². The van der Waals surface area contributed by atoms with Crippen LogP contribution in [0.1, 0.15) is 41.3 Å². The highest BCUT2D eigenvalue weighted by Crippen LogP contribution is 2.29. The Bertz CT molecular complexity index is 1110. The SMILES string of the molecule is COc1ccc(C(=S)C(C(=O)c2ccc([N+](=O)[O-])cc2)c2ccc(OC(C)C)cc2)cc1. The molecule has 0 heterocycles. The number of ketones is 1. The van der Waals surface area contributed by atoms with Crippen LogP contribution < -0.4 is 9.47 Å². The van der Waals surface area contributed by atoms with Crippen LogP contribution >= 0.6 is 12.2 Å². The van der Waals surface area contributed by atoms with Gasteiger partial charge in [0.1, 0.15) is 11.5 Å². The largest absolute Gasteiger partial charge is 0.497 e. The molecule has 0 saturated carbocycles. The molecule has 3 aromatic rings. The molecule has 0 amide bonds. The number of hydrogen-bond acceptors (Lipinski definition) is 6. The van der Waals surface area contributed by atoms with E-state index >= 15 is 0 Å². The minimum atomic E-state index is -0.743. The lowest BCUT2D eigenvalue weighted by atomic mass is 9.85. The highest BCUT2D eigenvalue weighted by molar-refractivity contribution is 7.81. The average Bonchev–Trinajstić information content (AvgIpc) is 2.80. The molecule has 1 atom stereocenters. The van der Waals surface area contributed by atoms with Gasteiger partial charge in [-0.2, -0.15) is 0 Å². The number of hydrogen-bond donors (Lipinski definition) is 0. The molecule has 7 heteroatoms. The molecule has 0 aromatic heterocycles. The van der Waals surface area contributed by atoms with Gasteiger partial charge >= 0.3 is 0 Å². The van der Waals surface area contributed by atoms with Crippen molar-refractivity contribution in [2.24, 2.45) is 0 Å². The Hall–Kier alpha value is -3.58. The number of nitro benzene ring substituents is 1. The van der Waals surface area contributed by atoms with Crippen molar-refractivity contribution in [3.8, 4) is 11.5 Å². The summed E-state index contributed by atoms with van der Waals surface area (Å²) in [7, 11) is 1.58. The maximum atomic E-state index is 13.5. The first-order valence-corrected chi connectivity index (χ1v) is 10.4. The Morgan fingerprint density at radius 3 is 1.91 bits per heavy atom. The van der Waals surface area contributed by atoms with Crippen LogP contribution in [0.5, 0.6) is 11.5 Å². The highest BCUT2D eigenvalue weighted by atomic mass is 32.1. The standard InChI is InChI=1S/C25H23NO5S/c1-16(2)31-22-14-6-17(7-15-22)23(25(32)19-8-12-21(30-3)13-9-19)24(27)18-4-10-20(11-5-18)26(28)29/h4-16,23H,1-3H3. The minimum Gasteiger partial charge on any atom is -0.497 e. The summed E-state index contributed by atoms with van der Waals surface area (Å²) in [6.45, 7) is 3.88. The van der Waals surface area contributed by atoms with Gasteiger partial charge in [-0.15, -0.1) is 0 Å². The molecule has 3 aromatic carbocycles. The van der Waals surface area contributed by atoms with Gasteiger partial charge < -0.3 is 9.47 Å². The molecule has 0 spiro atoms. The highest BCUT2D eigenvalue weighted by Gasteiger charge is 2.28. The lowest BCUT2D eigenvalue weighted by molar-refractivity contribution is -0.384. The molecule has 164 valence electrons. The first-order chi connectivity index (χ1) is 15.3. The number of nitro groups is 1. The van der Waals surface area contributed by atoms with E-state index in [0.717, 1.165) is 5.56 Å². The van der Waals surface area contributed by atoms with E-state index in [0.29, 0.717) is 27.5 Å². The Morgan fingerprint density at radius 1 is 0.875 bits per heavy atom. The summed E-state index contributed by atoms with van der Waals surface area (Å²) in [6, 6.07) is 20.0. The second-order valence-corrected chi connectivity index (χ2v) is 7.87. The van der Waals surface area contributed by atoms with Crippen molar-refractivity contribution in [1.82, 2.24) is 0 Å². The molecule has 0 aliphatic rings. The summed E-state index contributed by atoms with van der Waals surface area (Å²) in [5.41, 5.74) is 1.71. The molecule has 6 nitrogen and oxygen atoms in total. The van der Waals surface area contributed by atoms with Crippen LogP contribution in [0.3, 0.4) is 0 Å². The van der Waals surface area contributed by atoms with Gasteiger partial charge in [-0.05, 0) is 61.4 Å². The van der Waals surface area contributed by atoms with Crippen molar-refractivity contribution < 1.29 is 19.2 Å². The number of rotatable bonds is 9. The van der Waals surface area contributed by atoms with E-state index in [9.17, 15) is 14.9 Å². The summed E-state index contributed by atoms with van der Waals surface area (Å²) in [5, 5.41) is 11.0. The predicted octanol–water partition coefficient (Wildman–Crippen LogP) is 5.78. The van der Waals surface area contributed by atoms with Crippen molar-refractivity contribution in [3.63, 3.8) is 0 Å². The topological polar surface area (TPSA) is 78.7 Å². The third kappa shape index (κ3) is 5.36. The van der Waals surface area contributed by atoms with Crippen molar-refractivity contribution in [2.45, 2.75) is 25.9 Å². The van der Waals surface area contributed by atoms with Gasteiger partial charge in [0.15, 0.2) is 5.78 Å². The Labute approximate surface area is 192 Å². The van der Waals surface area contributed by atoms with Gasteiger partial charge in [-0.25, -0.2) is 0 Å². The van der Waals surface area contributed by atoms with E-state index in [1.807, 2.05) is 50.2 Å². The summed E-state index contributed by atoms with van der Waals surface area (Å²) in [4.78, 5) is 24.4. The van der Waals surface area contributed by atoms with Gasteiger partial charge in [0, 0.05) is 22.6 Å². The van der Waals surface area contributed by atoms with Crippen LogP contribution in [0, 0.1) is 10.1 Å². The maximum Gasteiger partial charge on any atom is 0.269 e. The number of thiocarbonyl (C=S) groups is 1. The summed E-state index contributed by atoms with van der Waals surface area (Å²) < 4.78 is 10.9. The molecular formula is C25H23NO5S. The fraction of sp³-hybridized carbons (Fsp3) is 0.200. The second-order valence-electron chi connectivity index (χ2n) is 7.43. The normalized spacial score (nSPS) is 11.6. The molecule has 0 bridgehead atoms. The van der Waals surface area contributed by atoms with Gasteiger partial charge in [0.05, 0.1) is 24.1 Å². The molecule has 32 heavy (non-hydrogen) atoms. The van der Waals surface area contributed by atoms with Crippen LogP contribution in [-0.2, 0) is 0 Å². The minimum absolute atomic E-state index is 0.0266. The molecule has 3 rings (SSSR count). The van der Waals surface area contributed by atoms with Crippen molar-refractivity contribution in [1.29, 1.82) is 0 Å². The smallest absolute Gasteiger partial charge is 0.269 e. The van der Waals surface area contributed by atoms with Gasteiger partial charge in [0.2, 0.25) is 0 Å². The number of Topliss-reactive ketones (excluding diaryl/α,β-unsaturated/α-hetero) is 1. The van der Waals surface area contributed by atoms with Crippen molar-refractivity contribution in [3.05, 3.63) is 99.6 Å². The second kappa shape index (κ2) is 10.2. The third-order valence-electron chi connectivity index (χ3n) is 4.85. The lowest BCUT2D eigenvalue weighted by Crippen LogP contribution is -2.22. The Kier molecular flexibility index (Phi) is 7.33. The van der Waals surface area contributed by atoms with Gasteiger partial charge in [-0.1, -0.05) is 36.5 Å². The molecule has 0 aliphatic carbocycles. The number of carbonyl (C=O) groups excluding carboxylic acids is 1. The van der Waals surface area contributed by atoms with E-state index in [1.165, 1.54) is 24.3 Å². The molecule has 0 radical (unpaired) electrons. The number of carbonyl (C=O) groups is 1. The quantitative estimate of drug-likeness (QED) is 0.178. The monoisotopic (exact) mass is 449 g/mol. The first kappa shape index (κ1) is 23.1. The summed E-state index contributed by atoms with van der Waals surface area (Å²) >= 11 is 5.75. The van der Waals surface area contributed by atoms with Crippen molar-refractivity contribution in [2.75, 3.05) is 7.11 Å². The lowest BCUT2D eigenvalue weighted by Gasteiger charge is -2.19. The zero-order chi connectivity index (χ0) is 23.3. The van der Waals surface area contributed by atoms with E-state index in [4.69, 9.17) is 21.7 Å². The molecule has 0 saturated heterocycles. The Balaban J connectivity index is 2.00. The van der Waals surface area contributed by atoms with Crippen LogP contribution in [0.15, 0.2) is 72.8 Å². The average molecular weight is 450 g/mol. The predicted molar refractivity (Wildman–Crippen MR) is 127 cm³/mol. The molecular weight excluding hydrogens is 426 g/mol. The molecule has 0 aliphatic heterocycles. The third-order valence-corrected chi connectivity index (χ3v) is 5.32. The van der Waals surface area contributed by atoms with E-state index in [2.05, 4.69) is 0 Å². The summed E-state index contributed by atoms with van der Waals surface area (Å²) in [5.74, 6) is 0.400. The maximum absolute atomic E-state index is 13.5. The number of nitrogens with zero attached hydrogens (tertiary/aromatic N) is 1. The Morgan fingerprint density at radius 2 is 1.41 bits per heavy atom. The zero-order valence-electron chi connectivity index (χ0n) is 18.0. The van der Waals surface area contributed by atoms with E-state index in [1.54, 1.807) is 19.2 Å². The van der Waals surface area contributed by atoms with Crippen LogP contribution in [-0.4, -0.2) is 28.8 Å². The number of non-ortho nitro benzene ring substituents is 1. The fourth-order valence-electron chi connectivity index (χ4n) is 3.27. The molecule has 1 unspecified atom stereocenters. The number of benzene rings is 3. The fourth-order valence-corrected chi connectivity index (χ4v) is 3.65. The first-order valence-electron chi connectivity index (χ1n) is 10.0. The van der Waals surface area contributed by atoms with Crippen LogP contribution in [0.4, 0.5) is 5.69 Å². The van der Waals surface area contributed by atoms with Crippen LogP contribution in [0.2, 0.25) is 0 Å². The number of ether oxygens (including phenoxy) is 2. The van der Waals surface area contributed by atoms with E-state index < -0.39 is 10.8 Å². The molecule has 0 fully saturated rings. The van der Waals surface area contributed by atoms with Crippen LogP contribution in [0.25, 0.3) is 0 Å². The van der Waals surface area contributed by atoms with Gasteiger partial charge in [-0.3, -0.25) is 14.9 Å².